The number of anilines is 1. The molecule has 0 unspecified atom stereocenters. The Morgan fingerprint density at radius 3 is 2.48 bits per heavy atom. The fraction of sp³-hybridized carbons (Fsp3) is 0.250. The maximum absolute atomic E-state index is 12.9. The first-order valence-corrected chi connectivity index (χ1v) is 10.0. The first kappa shape index (κ1) is 19.0. The van der Waals surface area contributed by atoms with Gasteiger partial charge >= 0.3 is 6.09 Å². The second-order valence-electron chi connectivity index (χ2n) is 7.38. The van der Waals surface area contributed by atoms with Gasteiger partial charge in [-0.2, -0.15) is 0 Å². The van der Waals surface area contributed by atoms with Crippen LogP contribution in [0.25, 0.3) is 10.8 Å². The lowest BCUT2D eigenvalue weighted by molar-refractivity contribution is 0.0713. The summed E-state index contributed by atoms with van der Waals surface area (Å²) in [5, 5.41) is 7.86. The number of carbonyl (C=O) groups excluding carboxylic acids is 2. The SMILES string of the molecule is O=C(Nc1ccccc1)O[C@@H]1CCC[C@@H](NC(=O)c2cccc3ccccc23)C1. The predicted molar refractivity (Wildman–Crippen MR) is 114 cm³/mol. The Balaban J connectivity index is 1.36. The highest BCUT2D eigenvalue weighted by molar-refractivity contribution is 6.07. The quantitative estimate of drug-likeness (QED) is 0.651. The number of rotatable bonds is 4. The summed E-state index contributed by atoms with van der Waals surface area (Å²) in [7, 11) is 0. The van der Waals surface area contributed by atoms with E-state index in [2.05, 4.69) is 10.6 Å². The molecule has 5 heteroatoms. The molecular weight excluding hydrogens is 364 g/mol. The first-order valence-electron chi connectivity index (χ1n) is 10.0. The van der Waals surface area contributed by atoms with Crippen LogP contribution in [0.15, 0.2) is 72.8 Å². The summed E-state index contributed by atoms with van der Waals surface area (Å²) in [5.74, 6) is -0.0822. The maximum atomic E-state index is 12.9. The molecule has 0 heterocycles. The normalized spacial score (nSPS) is 18.8. The third kappa shape index (κ3) is 4.74. The van der Waals surface area contributed by atoms with Gasteiger partial charge in [0.15, 0.2) is 0 Å². The molecule has 4 rings (SSSR count). The molecule has 2 amide bonds. The van der Waals surface area contributed by atoms with E-state index < -0.39 is 6.09 Å². The summed E-state index contributed by atoms with van der Waals surface area (Å²) < 4.78 is 5.58. The molecule has 2 N–H and O–H groups in total. The molecular formula is C24H24N2O3. The van der Waals surface area contributed by atoms with E-state index in [1.54, 1.807) is 0 Å². The van der Waals surface area contributed by atoms with E-state index >= 15 is 0 Å². The zero-order valence-corrected chi connectivity index (χ0v) is 16.1. The van der Waals surface area contributed by atoms with Gasteiger partial charge in [0.25, 0.3) is 5.91 Å². The molecule has 2 atom stereocenters. The van der Waals surface area contributed by atoms with Crippen LogP contribution in [-0.4, -0.2) is 24.1 Å². The van der Waals surface area contributed by atoms with Crippen LogP contribution in [0.1, 0.15) is 36.0 Å². The Hall–Kier alpha value is -3.34. The fourth-order valence-corrected chi connectivity index (χ4v) is 3.89. The summed E-state index contributed by atoms with van der Waals surface area (Å²) in [4.78, 5) is 25.0. The molecule has 0 aliphatic heterocycles. The summed E-state index contributed by atoms with van der Waals surface area (Å²) in [5.41, 5.74) is 1.38. The van der Waals surface area contributed by atoms with Crippen molar-refractivity contribution in [3.05, 3.63) is 78.4 Å². The minimum absolute atomic E-state index is 0.00950. The maximum Gasteiger partial charge on any atom is 0.411 e. The summed E-state index contributed by atoms with van der Waals surface area (Å²) >= 11 is 0. The minimum atomic E-state index is -0.456. The predicted octanol–water partition coefficient (Wildman–Crippen LogP) is 5.13. The van der Waals surface area contributed by atoms with Gasteiger partial charge in [0.05, 0.1) is 0 Å². The van der Waals surface area contributed by atoms with Gasteiger partial charge in [-0.15, -0.1) is 0 Å². The molecule has 1 aliphatic carbocycles. The molecule has 29 heavy (non-hydrogen) atoms. The molecule has 0 aromatic heterocycles. The Morgan fingerprint density at radius 1 is 0.862 bits per heavy atom. The van der Waals surface area contributed by atoms with Gasteiger partial charge in [-0.1, -0.05) is 54.6 Å². The van der Waals surface area contributed by atoms with Crippen molar-refractivity contribution in [2.45, 2.75) is 37.8 Å². The Bertz CT molecular complexity index is 998. The van der Waals surface area contributed by atoms with Gasteiger partial charge in [0.1, 0.15) is 6.10 Å². The van der Waals surface area contributed by atoms with Crippen molar-refractivity contribution in [2.75, 3.05) is 5.32 Å². The fourth-order valence-electron chi connectivity index (χ4n) is 3.89. The van der Waals surface area contributed by atoms with Crippen LogP contribution in [0.5, 0.6) is 0 Å². The molecule has 3 aromatic carbocycles. The molecule has 0 saturated heterocycles. The molecule has 1 aliphatic rings. The van der Waals surface area contributed by atoms with Crippen molar-refractivity contribution in [3.8, 4) is 0 Å². The average Bonchev–Trinajstić information content (AvgIpc) is 2.74. The molecule has 1 saturated carbocycles. The number of amides is 2. The second kappa shape index (κ2) is 8.78. The molecule has 0 bridgehead atoms. The zero-order valence-electron chi connectivity index (χ0n) is 16.1. The van der Waals surface area contributed by atoms with Crippen molar-refractivity contribution in [3.63, 3.8) is 0 Å². The minimum Gasteiger partial charge on any atom is -0.446 e. The second-order valence-corrected chi connectivity index (χ2v) is 7.38. The van der Waals surface area contributed by atoms with Crippen molar-refractivity contribution in [1.29, 1.82) is 0 Å². The number of ether oxygens (including phenoxy) is 1. The number of carbonyl (C=O) groups is 2. The van der Waals surface area contributed by atoms with Crippen LogP contribution in [0, 0.1) is 0 Å². The highest BCUT2D eigenvalue weighted by Crippen LogP contribution is 2.24. The topological polar surface area (TPSA) is 67.4 Å². The number of fused-ring (bicyclic) bond motifs is 1. The van der Waals surface area contributed by atoms with Crippen molar-refractivity contribution >= 4 is 28.5 Å². The Morgan fingerprint density at radius 2 is 1.62 bits per heavy atom. The lowest BCUT2D eigenvalue weighted by Crippen LogP contribution is -2.41. The third-order valence-electron chi connectivity index (χ3n) is 5.29. The van der Waals surface area contributed by atoms with E-state index in [9.17, 15) is 9.59 Å². The van der Waals surface area contributed by atoms with E-state index in [1.165, 1.54) is 0 Å². The van der Waals surface area contributed by atoms with Crippen LogP contribution in [0.3, 0.4) is 0 Å². The van der Waals surface area contributed by atoms with Crippen LogP contribution in [-0.2, 0) is 4.74 Å². The Labute approximate surface area is 170 Å². The molecule has 3 aromatic rings. The number of para-hydroxylation sites is 1. The van der Waals surface area contributed by atoms with Crippen LogP contribution in [0.2, 0.25) is 0 Å². The van der Waals surface area contributed by atoms with Gasteiger partial charge in [0.2, 0.25) is 0 Å². The van der Waals surface area contributed by atoms with Gasteiger partial charge < -0.3 is 10.1 Å². The van der Waals surface area contributed by atoms with Crippen LogP contribution in [0.4, 0.5) is 10.5 Å². The van der Waals surface area contributed by atoms with E-state index in [1.807, 2.05) is 72.8 Å². The lowest BCUT2D eigenvalue weighted by Gasteiger charge is -2.29. The third-order valence-corrected chi connectivity index (χ3v) is 5.29. The molecule has 1 fully saturated rings. The summed E-state index contributed by atoms with van der Waals surface area (Å²) in [6.07, 6.45) is 2.56. The number of nitrogens with one attached hydrogen (secondary N) is 2. The Kier molecular flexibility index (Phi) is 5.75. The van der Waals surface area contributed by atoms with Crippen molar-refractivity contribution in [1.82, 2.24) is 5.32 Å². The van der Waals surface area contributed by atoms with E-state index in [0.717, 1.165) is 30.0 Å². The molecule has 5 nitrogen and oxygen atoms in total. The summed E-state index contributed by atoms with van der Waals surface area (Å²) in [6.45, 7) is 0. The monoisotopic (exact) mass is 388 g/mol. The standard InChI is InChI=1S/C24H24N2O3/c27-23(22-15-6-9-17-8-4-5-14-21(17)22)25-19-12-7-13-20(16-19)29-24(28)26-18-10-2-1-3-11-18/h1-6,8-11,14-15,19-20H,7,12-13,16H2,(H,25,27)(H,26,28)/t19-,20-/m1/s1. The van der Waals surface area contributed by atoms with Gasteiger partial charge in [0, 0.05) is 23.7 Å². The van der Waals surface area contributed by atoms with Crippen molar-refractivity contribution in [2.24, 2.45) is 0 Å². The van der Waals surface area contributed by atoms with E-state index in [-0.39, 0.29) is 18.1 Å². The number of hydrogen-bond acceptors (Lipinski definition) is 3. The number of benzene rings is 3. The van der Waals surface area contributed by atoms with E-state index in [4.69, 9.17) is 4.74 Å². The van der Waals surface area contributed by atoms with Gasteiger partial charge in [-0.3, -0.25) is 10.1 Å². The molecule has 0 spiro atoms. The molecule has 148 valence electrons. The molecule has 0 radical (unpaired) electrons. The summed E-state index contributed by atoms with van der Waals surface area (Å²) in [6, 6.07) is 22.8. The smallest absolute Gasteiger partial charge is 0.411 e. The van der Waals surface area contributed by atoms with Crippen LogP contribution < -0.4 is 10.6 Å². The van der Waals surface area contributed by atoms with Gasteiger partial charge in [-0.25, -0.2) is 4.79 Å². The van der Waals surface area contributed by atoms with Crippen molar-refractivity contribution < 1.29 is 14.3 Å². The largest absolute Gasteiger partial charge is 0.446 e. The highest BCUT2D eigenvalue weighted by Gasteiger charge is 2.26. The number of hydrogen-bond donors (Lipinski definition) is 2. The highest BCUT2D eigenvalue weighted by atomic mass is 16.6. The first-order chi connectivity index (χ1) is 14.2. The lowest BCUT2D eigenvalue weighted by atomic mass is 9.92. The van der Waals surface area contributed by atoms with Gasteiger partial charge in [-0.05, 0) is 48.2 Å². The van der Waals surface area contributed by atoms with E-state index in [0.29, 0.717) is 17.7 Å². The zero-order chi connectivity index (χ0) is 20.1. The average molecular weight is 388 g/mol. The van der Waals surface area contributed by atoms with Crippen LogP contribution >= 0.6 is 0 Å².